The number of aromatic nitrogens is 2. The zero-order valence-electron chi connectivity index (χ0n) is 11.0. The molecule has 100 valence electrons. The second kappa shape index (κ2) is 6.14. The highest BCUT2D eigenvalue weighted by atomic mass is 16.2. The molecule has 1 unspecified atom stereocenters. The van der Waals surface area contributed by atoms with E-state index in [0.717, 1.165) is 0 Å². The molecule has 2 rings (SSSR count). The quantitative estimate of drug-likeness (QED) is 0.798. The predicted molar refractivity (Wildman–Crippen MR) is 70.2 cm³/mol. The van der Waals surface area contributed by atoms with Gasteiger partial charge in [0.05, 0.1) is 6.07 Å². The molecular weight excluding hydrogens is 242 g/mol. The molecule has 0 radical (unpaired) electrons. The normalized spacial score (nSPS) is 16.8. The molecule has 1 aliphatic heterocycles. The van der Waals surface area contributed by atoms with Crippen LogP contribution in [0, 0.1) is 17.2 Å². The SMILES string of the molecule is CCC(C#N)C(=O)N1CCN(c2ncccn2)CC1. The average molecular weight is 259 g/mol. The van der Waals surface area contributed by atoms with Gasteiger partial charge in [0.2, 0.25) is 11.9 Å². The number of hydrogen-bond acceptors (Lipinski definition) is 5. The highest BCUT2D eigenvalue weighted by molar-refractivity contribution is 5.81. The fourth-order valence-corrected chi connectivity index (χ4v) is 2.12. The first-order valence-corrected chi connectivity index (χ1v) is 6.46. The highest BCUT2D eigenvalue weighted by Crippen LogP contribution is 2.13. The van der Waals surface area contributed by atoms with E-state index in [9.17, 15) is 4.79 Å². The number of nitriles is 1. The van der Waals surface area contributed by atoms with Crippen LogP contribution >= 0.6 is 0 Å². The summed E-state index contributed by atoms with van der Waals surface area (Å²) in [5.74, 6) is 0.125. The maximum absolute atomic E-state index is 12.1. The van der Waals surface area contributed by atoms with Crippen molar-refractivity contribution < 1.29 is 4.79 Å². The minimum absolute atomic E-state index is 0.0568. The van der Waals surface area contributed by atoms with Crippen LogP contribution in [-0.4, -0.2) is 47.0 Å². The maximum atomic E-state index is 12.1. The molecule has 1 amide bonds. The summed E-state index contributed by atoms with van der Waals surface area (Å²) in [6.07, 6.45) is 3.99. The summed E-state index contributed by atoms with van der Waals surface area (Å²) in [4.78, 5) is 24.3. The smallest absolute Gasteiger partial charge is 0.240 e. The van der Waals surface area contributed by atoms with Gasteiger partial charge in [0, 0.05) is 38.6 Å². The Kier molecular flexibility index (Phi) is 4.29. The van der Waals surface area contributed by atoms with Crippen molar-refractivity contribution in [2.45, 2.75) is 13.3 Å². The molecule has 0 saturated carbocycles. The molecule has 6 nitrogen and oxygen atoms in total. The molecule has 0 spiro atoms. The Morgan fingerprint density at radius 3 is 2.53 bits per heavy atom. The Morgan fingerprint density at radius 2 is 2.00 bits per heavy atom. The molecule has 1 fully saturated rings. The van der Waals surface area contributed by atoms with Gasteiger partial charge >= 0.3 is 0 Å². The van der Waals surface area contributed by atoms with E-state index >= 15 is 0 Å². The first kappa shape index (κ1) is 13.3. The fourth-order valence-electron chi connectivity index (χ4n) is 2.12. The number of rotatable bonds is 3. The minimum atomic E-state index is -0.514. The zero-order chi connectivity index (χ0) is 13.7. The van der Waals surface area contributed by atoms with Crippen LogP contribution in [0.15, 0.2) is 18.5 Å². The third-order valence-electron chi connectivity index (χ3n) is 3.29. The molecule has 1 aliphatic rings. The van der Waals surface area contributed by atoms with Crippen LogP contribution < -0.4 is 4.90 Å². The molecule has 0 bridgehead atoms. The van der Waals surface area contributed by atoms with Crippen LogP contribution in [0.2, 0.25) is 0 Å². The van der Waals surface area contributed by atoms with E-state index in [1.54, 1.807) is 23.4 Å². The van der Waals surface area contributed by atoms with Crippen LogP contribution in [0.4, 0.5) is 5.95 Å². The number of carbonyl (C=O) groups is 1. The molecule has 1 saturated heterocycles. The molecule has 19 heavy (non-hydrogen) atoms. The minimum Gasteiger partial charge on any atom is -0.338 e. The Morgan fingerprint density at radius 1 is 1.37 bits per heavy atom. The molecule has 2 heterocycles. The van der Waals surface area contributed by atoms with Gasteiger partial charge in [-0.25, -0.2) is 9.97 Å². The van der Waals surface area contributed by atoms with Crippen LogP contribution in [-0.2, 0) is 4.79 Å². The lowest BCUT2D eigenvalue weighted by Crippen LogP contribution is -2.50. The number of hydrogen-bond donors (Lipinski definition) is 0. The Balaban J connectivity index is 1.93. The van der Waals surface area contributed by atoms with Gasteiger partial charge in [0.25, 0.3) is 0 Å². The molecule has 6 heteroatoms. The van der Waals surface area contributed by atoms with Gasteiger partial charge in [0.1, 0.15) is 5.92 Å². The van der Waals surface area contributed by atoms with E-state index in [-0.39, 0.29) is 5.91 Å². The number of nitrogens with zero attached hydrogens (tertiary/aromatic N) is 5. The van der Waals surface area contributed by atoms with Crippen molar-refractivity contribution in [2.75, 3.05) is 31.1 Å². The Bertz CT molecular complexity index is 462. The van der Waals surface area contributed by atoms with Gasteiger partial charge in [-0.2, -0.15) is 5.26 Å². The number of piperazine rings is 1. The maximum Gasteiger partial charge on any atom is 0.240 e. The van der Waals surface area contributed by atoms with E-state index in [1.165, 1.54) is 0 Å². The predicted octanol–water partition coefficient (Wildman–Crippen LogP) is 0.675. The van der Waals surface area contributed by atoms with Crippen molar-refractivity contribution in [3.05, 3.63) is 18.5 Å². The summed E-state index contributed by atoms with van der Waals surface area (Å²) in [6, 6.07) is 3.84. The Labute approximate surface area is 112 Å². The van der Waals surface area contributed by atoms with Crippen molar-refractivity contribution in [1.82, 2.24) is 14.9 Å². The summed E-state index contributed by atoms with van der Waals surface area (Å²) in [5.41, 5.74) is 0. The Hall–Kier alpha value is -2.16. The van der Waals surface area contributed by atoms with E-state index in [4.69, 9.17) is 5.26 Å². The van der Waals surface area contributed by atoms with Crippen LogP contribution in [0.5, 0.6) is 0 Å². The van der Waals surface area contributed by atoms with E-state index in [0.29, 0.717) is 38.5 Å². The summed E-state index contributed by atoms with van der Waals surface area (Å²) in [6.45, 7) is 4.51. The third-order valence-corrected chi connectivity index (χ3v) is 3.29. The zero-order valence-corrected chi connectivity index (χ0v) is 11.0. The van der Waals surface area contributed by atoms with Gasteiger partial charge in [0.15, 0.2) is 0 Å². The van der Waals surface area contributed by atoms with Gasteiger partial charge in [-0.1, -0.05) is 6.92 Å². The second-order valence-corrected chi connectivity index (χ2v) is 4.45. The van der Waals surface area contributed by atoms with E-state index in [1.807, 2.05) is 6.92 Å². The van der Waals surface area contributed by atoms with Crippen molar-refractivity contribution in [2.24, 2.45) is 5.92 Å². The summed E-state index contributed by atoms with van der Waals surface area (Å²) < 4.78 is 0. The van der Waals surface area contributed by atoms with Crippen LogP contribution in [0.25, 0.3) is 0 Å². The van der Waals surface area contributed by atoms with Gasteiger partial charge in [-0.3, -0.25) is 4.79 Å². The van der Waals surface area contributed by atoms with Gasteiger partial charge in [-0.05, 0) is 12.5 Å². The molecule has 1 aromatic rings. The standard InChI is InChI=1S/C13H17N5O/c1-2-11(10-14)12(19)17-6-8-18(9-7-17)13-15-4-3-5-16-13/h3-5,11H,2,6-9H2,1H3. The first-order chi connectivity index (χ1) is 9.26. The molecule has 0 N–H and O–H groups in total. The second-order valence-electron chi connectivity index (χ2n) is 4.45. The highest BCUT2D eigenvalue weighted by Gasteiger charge is 2.26. The molecule has 1 aromatic heterocycles. The first-order valence-electron chi connectivity index (χ1n) is 6.46. The lowest BCUT2D eigenvalue weighted by atomic mass is 10.1. The lowest BCUT2D eigenvalue weighted by molar-refractivity contribution is -0.134. The summed E-state index contributed by atoms with van der Waals surface area (Å²) in [5, 5.41) is 8.93. The number of carbonyl (C=O) groups excluding carboxylic acids is 1. The summed E-state index contributed by atoms with van der Waals surface area (Å²) >= 11 is 0. The number of anilines is 1. The lowest BCUT2D eigenvalue weighted by Gasteiger charge is -2.35. The van der Waals surface area contributed by atoms with Crippen LogP contribution in [0.1, 0.15) is 13.3 Å². The molecule has 1 atom stereocenters. The fraction of sp³-hybridized carbons (Fsp3) is 0.538. The summed E-state index contributed by atoms with van der Waals surface area (Å²) in [7, 11) is 0. The van der Waals surface area contributed by atoms with E-state index in [2.05, 4.69) is 20.9 Å². The van der Waals surface area contributed by atoms with Crippen molar-refractivity contribution in [1.29, 1.82) is 5.26 Å². The van der Waals surface area contributed by atoms with Crippen molar-refractivity contribution >= 4 is 11.9 Å². The molecule has 0 aromatic carbocycles. The van der Waals surface area contributed by atoms with Crippen molar-refractivity contribution in [3.63, 3.8) is 0 Å². The van der Waals surface area contributed by atoms with Gasteiger partial charge < -0.3 is 9.80 Å². The topological polar surface area (TPSA) is 73.1 Å². The van der Waals surface area contributed by atoms with Gasteiger partial charge in [-0.15, -0.1) is 0 Å². The number of amides is 1. The molecule has 0 aliphatic carbocycles. The van der Waals surface area contributed by atoms with E-state index < -0.39 is 5.92 Å². The van der Waals surface area contributed by atoms with Crippen LogP contribution in [0.3, 0.4) is 0 Å². The average Bonchev–Trinajstić information content (AvgIpc) is 2.49. The largest absolute Gasteiger partial charge is 0.338 e. The van der Waals surface area contributed by atoms with Crippen molar-refractivity contribution in [3.8, 4) is 6.07 Å². The molecular formula is C13H17N5O. The monoisotopic (exact) mass is 259 g/mol. The third kappa shape index (κ3) is 2.99.